The molecular formula is C22H22O2. The molecule has 0 amide bonds. The molecule has 0 spiro atoms. The molecule has 0 aliphatic heterocycles. The molecule has 122 valence electrons. The van der Waals surface area contributed by atoms with E-state index in [1.807, 2.05) is 54.6 Å². The molecule has 0 fully saturated rings. The molecule has 0 aliphatic rings. The van der Waals surface area contributed by atoms with Gasteiger partial charge in [-0.2, -0.15) is 0 Å². The van der Waals surface area contributed by atoms with Crippen LogP contribution in [0.15, 0.2) is 72.8 Å². The molecule has 0 radical (unpaired) electrons. The Bertz CT molecular complexity index is 803. The van der Waals surface area contributed by atoms with Gasteiger partial charge in [-0.15, -0.1) is 0 Å². The Hall–Kier alpha value is -2.45. The van der Waals surface area contributed by atoms with E-state index >= 15 is 0 Å². The summed E-state index contributed by atoms with van der Waals surface area (Å²) in [5, 5.41) is 12.6. The Labute approximate surface area is 142 Å². The maximum absolute atomic E-state index is 12.1. The Morgan fingerprint density at radius 2 is 1.58 bits per heavy atom. The van der Waals surface area contributed by atoms with Crippen molar-refractivity contribution in [3.63, 3.8) is 0 Å². The predicted octanol–water partition coefficient (Wildman–Crippen LogP) is 4.34. The van der Waals surface area contributed by atoms with Crippen LogP contribution in [0.4, 0.5) is 0 Å². The van der Waals surface area contributed by atoms with Gasteiger partial charge in [-0.05, 0) is 34.7 Å². The Balaban J connectivity index is 1.56. The molecule has 0 saturated carbocycles. The quantitative estimate of drug-likeness (QED) is 0.704. The van der Waals surface area contributed by atoms with E-state index in [9.17, 15) is 9.90 Å². The summed E-state index contributed by atoms with van der Waals surface area (Å²) in [6.07, 6.45) is 1.32. The van der Waals surface area contributed by atoms with Crippen LogP contribution in [0.25, 0.3) is 10.8 Å². The molecule has 3 aromatic carbocycles. The van der Waals surface area contributed by atoms with Crippen LogP contribution < -0.4 is 0 Å². The van der Waals surface area contributed by atoms with E-state index in [4.69, 9.17) is 0 Å². The number of carbonyl (C=O) groups is 1. The third-order valence-corrected chi connectivity index (χ3v) is 4.33. The third-order valence-electron chi connectivity index (χ3n) is 4.33. The average molecular weight is 318 g/mol. The molecule has 3 aromatic rings. The van der Waals surface area contributed by atoms with Gasteiger partial charge >= 0.3 is 0 Å². The highest BCUT2D eigenvalue weighted by molar-refractivity contribution is 5.86. The van der Waals surface area contributed by atoms with Crippen molar-refractivity contribution in [1.29, 1.82) is 0 Å². The topological polar surface area (TPSA) is 37.3 Å². The van der Waals surface area contributed by atoms with Crippen LogP contribution >= 0.6 is 0 Å². The van der Waals surface area contributed by atoms with Crippen molar-refractivity contribution in [2.45, 2.75) is 31.8 Å². The summed E-state index contributed by atoms with van der Waals surface area (Å²) in [6.45, 7) is 0. The number of benzene rings is 3. The third kappa shape index (κ3) is 4.30. The fourth-order valence-electron chi connectivity index (χ4n) is 3.09. The van der Waals surface area contributed by atoms with E-state index in [2.05, 4.69) is 18.2 Å². The second kappa shape index (κ2) is 7.89. The molecule has 24 heavy (non-hydrogen) atoms. The molecule has 0 aliphatic carbocycles. The lowest BCUT2D eigenvalue weighted by molar-refractivity contribution is -0.120. The van der Waals surface area contributed by atoms with Gasteiger partial charge < -0.3 is 5.11 Å². The highest BCUT2D eigenvalue weighted by Gasteiger charge is 2.13. The van der Waals surface area contributed by atoms with Gasteiger partial charge in [0.1, 0.15) is 5.78 Å². The van der Waals surface area contributed by atoms with Crippen molar-refractivity contribution in [1.82, 2.24) is 0 Å². The van der Waals surface area contributed by atoms with Crippen LogP contribution in [0, 0.1) is 0 Å². The zero-order chi connectivity index (χ0) is 16.8. The van der Waals surface area contributed by atoms with Gasteiger partial charge in [-0.25, -0.2) is 0 Å². The number of carbonyl (C=O) groups excluding carboxylic acids is 1. The molecule has 1 N–H and O–H groups in total. The maximum atomic E-state index is 12.1. The van der Waals surface area contributed by atoms with Gasteiger partial charge in [0.05, 0.1) is 6.10 Å². The fraction of sp³-hybridized carbons (Fsp3) is 0.227. The molecule has 0 saturated heterocycles. The number of Topliss-reactive ketones (excluding diaryl/α,β-unsaturated/α-hetero) is 1. The van der Waals surface area contributed by atoms with Crippen LogP contribution in [0.5, 0.6) is 0 Å². The summed E-state index contributed by atoms with van der Waals surface area (Å²) in [7, 11) is 0. The molecule has 0 aromatic heterocycles. The highest BCUT2D eigenvalue weighted by Crippen LogP contribution is 2.20. The van der Waals surface area contributed by atoms with Crippen molar-refractivity contribution in [2.24, 2.45) is 0 Å². The van der Waals surface area contributed by atoms with Crippen molar-refractivity contribution >= 4 is 16.6 Å². The molecule has 3 rings (SSSR count). The van der Waals surface area contributed by atoms with Crippen LogP contribution in [0.1, 0.15) is 24.0 Å². The zero-order valence-electron chi connectivity index (χ0n) is 13.7. The van der Waals surface area contributed by atoms with Crippen molar-refractivity contribution < 1.29 is 9.90 Å². The SMILES string of the molecule is O=C(CCc1ccccc1)CC(O)Cc1cccc2ccccc12. The smallest absolute Gasteiger partial charge is 0.135 e. The largest absolute Gasteiger partial charge is 0.392 e. The van der Waals surface area contributed by atoms with Crippen LogP contribution in [0.2, 0.25) is 0 Å². The first kappa shape index (κ1) is 16.4. The van der Waals surface area contributed by atoms with Gasteiger partial charge in [-0.1, -0.05) is 72.8 Å². The summed E-state index contributed by atoms with van der Waals surface area (Å²) in [4.78, 5) is 12.1. The summed E-state index contributed by atoms with van der Waals surface area (Å²) in [5.41, 5.74) is 2.26. The minimum Gasteiger partial charge on any atom is -0.392 e. The van der Waals surface area contributed by atoms with E-state index in [0.717, 1.165) is 28.3 Å². The van der Waals surface area contributed by atoms with E-state index < -0.39 is 6.10 Å². The number of hydrogen-bond donors (Lipinski definition) is 1. The fourth-order valence-corrected chi connectivity index (χ4v) is 3.09. The molecule has 1 unspecified atom stereocenters. The summed E-state index contributed by atoms with van der Waals surface area (Å²) >= 11 is 0. The lowest BCUT2D eigenvalue weighted by Crippen LogP contribution is -2.16. The molecule has 2 heteroatoms. The molecule has 1 atom stereocenters. The van der Waals surface area contributed by atoms with Crippen molar-refractivity contribution in [3.05, 3.63) is 83.9 Å². The number of aliphatic hydroxyl groups is 1. The lowest BCUT2D eigenvalue weighted by Gasteiger charge is -2.12. The minimum atomic E-state index is -0.626. The molecular weight excluding hydrogens is 296 g/mol. The van der Waals surface area contributed by atoms with E-state index in [-0.39, 0.29) is 12.2 Å². The molecule has 0 heterocycles. The van der Waals surface area contributed by atoms with E-state index in [0.29, 0.717) is 12.8 Å². The van der Waals surface area contributed by atoms with Crippen molar-refractivity contribution in [3.8, 4) is 0 Å². The van der Waals surface area contributed by atoms with Crippen molar-refractivity contribution in [2.75, 3.05) is 0 Å². The minimum absolute atomic E-state index is 0.117. The van der Waals surface area contributed by atoms with Crippen LogP contribution in [-0.2, 0) is 17.6 Å². The first-order valence-corrected chi connectivity index (χ1v) is 8.43. The average Bonchev–Trinajstić information content (AvgIpc) is 2.61. The van der Waals surface area contributed by atoms with E-state index in [1.165, 1.54) is 0 Å². The first-order valence-electron chi connectivity index (χ1n) is 8.43. The van der Waals surface area contributed by atoms with E-state index in [1.54, 1.807) is 0 Å². The van der Waals surface area contributed by atoms with Gasteiger partial charge in [0.2, 0.25) is 0 Å². The number of hydrogen-bond acceptors (Lipinski definition) is 2. The van der Waals surface area contributed by atoms with Gasteiger partial charge in [0, 0.05) is 12.8 Å². The summed E-state index contributed by atoms with van der Waals surface area (Å²) in [5.74, 6) is 0.117. The predicted molar refractivity (Wildman–Crippen MR) is 98.0 cm³/mol. The lowest BCUT2D eigenvalue weighted by atomic mass is 9.96. The maximum Gasteiger partial charge on any atom is 0.135 e. The Morgan fingerprint density at radius 3 is 2.42 bits per heavy atom. The summed E-state index contributed by atoms with van der Waals surface area (Å²) < 4.78 is 0. The monoisotopic (exact) mass is 318 g/mol. The normalized spacial score (nSPS) is 12.2. The van der Waals surface area contributed by atoms with Gasteiger partial charge in [0.25, 0.3) is 0 Å². The Morgan fingerprint density at radius 1 is 0.875 bits per heavy atom. The standard InChI is InChI=1S/C22H22O2/c23-20(14-13-17-7-2-1-3-8-17)16-21(24)15-19-11-6-10-18-9-4-5-12-22(18)19/h1-12,21,24H,13-16H2. The Kier molecular flexibility index (Phi) is 5.39. The number of aliphatic hydroxyl groups excluding tert-OH is 1. The number of fused-ring (bicyclic) bond motifs is 1. The van der Waals surface area contributed by atoms with Crippen LogP contribution in [-0.4, -0.2) is 17.0 Å². The first-order chi connectivity index (χ1) is 11.7. The van der Waals surface area contributed by atoms with Crippen LogP contribution in [0.3, 0.4) is 0 Å². The van der Waals surface area contributed by atoms with Gasteiger partial charge in [-0.3, -0.25) is 4.79 Å². The highest BCUT2D eigenvalue weighted by atomic mass is 16.3. The molecule has 0 bridgehead atoms. The number of aryl methyl sites for hydroxylation is 1. The molecule has 2 nitrogen and oxygen atoms in total. The zero-order valence-corrected chi connectivity index (χ0v) is 13.7. The van der Waals surface area contributed by atoms with Gasteiger partial charge in [0.15, 0.2) is 0 Å². The summed E-state index contributed by atoms with van der Waals surface area (Å²) in [6, 6.07) is 24.2. The number of ketones is 1. The number of rotatable bonds is 7. The second-order valence-corrected chi connectivity index (χ2v) is 6.22. The second-order valence-electron chi connectivity index (χ2n) is 6.22.